The molecule has 1 atom stereocenters. The molecule has 0 N–H and O–H groups in total. The quantitative estimate of drug-likeness (QED) is 0.531. The van der Waals surface area contributed by atoms with Crippen molar-refractivity contribution in [3.63, 3.8) is 0 Å². The van der Waals surface area contributed by atoms with Crippen molar-refractivity contribution in [3.8, 4) is 0 Å². The van der Waals surface area contributed by atoms with Gasteiger partial charge in [0.05, 0.1) is 17.9 Å². The summed E-state index contributed by atoms with van der Waals surface area (Å²) in [7, 11) is 0. The van der Waals surface area contributed by atoms with Gasteiger partial charge in [0, 0.05) is 0 Å². The van der Waals surface area contributed by atoms with Crippen LogP contribution >= 0.6 is 0 Å². The molecule has 0 bridgehead atoms. The molecular weight excluding hydrogens is 174 g/mol. The van der Waals surface area contributed by atoms with Crippen LogP contribution in [0, 0.1) is 0 Å². The zero-order valence-corrected chi connectivity index (χ0v) is 6.33. The number of nitrogens with zero attached hydrogens (tertiary/aromatic N) is 1. The van der Waals surface area contributed by atoms with Crippen molar-refractivity contribution in [1.82, 2.24) is 4.90 Å². The fourth-order valence-corrected chi connectivity index (χ4v) is 0.863. The highest BCUT2D eigenvalue weighted by molar-refractivity contribution is 7.74. The second kappa shape index (κ2) is 3.65. The first-order chi connectivity index (χ1) is 5.20. The highest BCUT2D eigenvalue weighted by Crippen LogP contribution is 2.02. The lowest BCUT2D eigenvalue weighted by Crippen LogP contribution is -2.27. The second-order valence-corrected chi connectivity index (χ2v) is 2.47. The van der Waals surface area contributed by atoms with E-state index in [0.29, 0.717) is 6.54 Å². The molecule has 7 heteroatoms. The van der Waals surface area contributed by atoms with E-state index in [2.05, 4.69) is 8.92 Å². The van der Waals surface area contributed by atoms with E-state index in [1.807, 2.05) is 0 Å². The Morgan fingerprint density at radius 1 is 1.82 bits per heavy atom. The van der Waals surface area contributed by atoms with Crippen LogP contribution in [0.4, 0.5) is 4.79 Å². The number of ether oxygens (including phenoxy) is 1. The van der Waals surface area contributed by atoms with Crippen molar-refractivity contribution in [1.29, 1.82) is 0 Å². The summed E-state index contributed by atoms with van der Waals surface area (Å²) in [6.45, 7) is 0.388. The number of hydrogen-bond acceptors (Lipinski definition) is 5. The number of carbonyl (C=O) groups excluding carboxylic acids is 1. The van der Waals surface area contributed by atoms with E-state index in [4.69, 9.17) is 0 Å². The van der Waals surface area contributed by atoms with E-state index >= 15 is 0 Å². The average Bonchev–Trinajstić information content (AvgIpc) is 2.31. The van der Waals surface area contributed by atoms with Crippen LogP contribution in [0.1, 0.15) is 0 Å². The van der Waals surface area contributed by atoms with Crippen LogP contribution in [0.2, 0.25) is 0 Å². The smallest absolute Gasteiger partial charge is 0.411 e. The van der Waals surface area contributed by atoms with Crippen molar-refractivity contribution < 1.29 is 22.5 Å². The molecule has 0 radical (unpaired) electrons. The normalized spacial score (nSPS) is 20.1. The third kappa shape index (κ3) is 2.45. The minimum Gasteiger partial charge on any atom is -0.750 e. The van der Waals surface area contributed by atoms with Crippen LogP contribution in [0.15, 0.2) is 0 Å². The molecule has 0 aliphatic carbocycles. The van der Waals surface area contributed by atoms with Crippen molar-refractivity contribution in [3.05, 3.63) is 0 Å². The Bertz CT molecular complexity index is 183. The van der Waals surface area contributed by atoms with Gasteiger partial charge in [0.2, 0.25) is 0 Å². The molecule has 0 spiro atoms. The molecule has 0 aromatic rings. The van der Waals surface area contributed by atoms with Gasteiger partial charge in [-0.1, -0.05) is 0 Å². The van der Waals surface area contributed by atoms with Crippen LogP contribution in [0.3, 0.4) is 0 Å². The fourth-order valence-electron chi connectivity index (χ4n) is 0.650. The van der Waals surface area contributed by atoms with Crippen molar-refractivity contribution in [2.24, 2.45) is 0 Å². The SMILES string of the molecule is O=C1OCCN1COS(=O)[O-]. The maximum absolute atomic E-state index is 10.6. The van der Waals surface area contributed by atoms with E-state index in [9.17, 15) is 13.6 Å². The molecule has 0 saturated carbocycles. The van der Waals surface area contributed by atoms with Crippen LogP contribution < -0.4 is 0 Å². The molecule has 0 aromatic carbocycles. The van der Waals surface area contributed by atoms with Gasteiger partial charge in [-0.15, -0.1) is 0 Å². The molecule has 6 nitrogen and oxygen atoms in total. The fraction of sp³-hybridized carbons (Fsp3) is 0.750. The minimum absolute atomic E-state index is 0.269. The van der Waals surface area contributed by atoms with Crippen molar-refractivity contribution in [2.75, 3.05) is 19.9 Å². The molecular formula is C4H6NO5S-. The van der Waals surface area contributed by atoms with Gasteiger partial charge in [0.15, 0.2) is 0 Å². The van der Waals surface area contributed by atoms with Gasteiger partial charge < -0.3 is 9.29 Å². The molecule has 0 aromatic heterocycles. The molecule has 64 valence electrons. The molecule has 11 heavy (non-hydrogen) atoms. The summed E-state index contributed by atoms with van der Waals surface area (Å²) in [6, 6.07) is 0. The maximum atomic E-state index is 10.6. The molecule has 1 saturated heterocycles. The Morgan fingerprint density at radius 2 is 2.55 bits per heavy atom. The predicted molar refractivity (Wildman–Crippen MR) is 32.9 cm³/mol. The molecule has 1 rings (SSSR count). The molecule has 1 amide bonds. The minimum atomic E-state index is -2.58. The Morgan fingerprint density at radius 3 is 3.00 bits per heavy atom. The zero-order chi connectivity index (χ0) is 8.27. The Hall–Kier alpha value is -0.660. The maximum Gasteiger partial charge on any atom is 0.411 e. The van der Waals surface area contributed by atoms with Crippen LogP contribution in [0.25, 0.3) is 0 Å². The van der Waals surface area contributed by atoms with Gasteiger partial charge in [0.1, 0.15) is 13.3 Å². The summed E-state index contributed by atoms with van der Waals surface area (Å²) < 4.78 is 28.4. The zero-order valence-electron chi connectivity index (χ0n) is 5.52. The Kier molecular flexibility index (Phi) is 2.80. The number of hydrogen-bond donors (Lipinski definition) is 0. The Labute approximate surface area is 65.6 Å². The predicted octanol–water partition coefficient (Wildman–Crippen LogP) is -0.793. The average molecular weight is 180 g/mol. The summed E-state index contributed by atoms with van der Waals surface area (Å²) in [5.41, 5.74) is 0. The van der Waals surface area contributed by atoms with Gasteiger partial charge >= 0.3 is 6.09 Å². The number of rotatable bonds is 3. The topological polar surface area (TPSA) is 78.9 Å². The first-order valence-corrected chi connectivity index (χ1v) is 3.84. The molecule has 1 fully saturated rings. The molecule has 1 unspecified atom stereocenters. The lowest BCUT2D eigenvalue weighted by atomic mass is 10.7. The van der Waals surface area contributed by atoms with E-state index in [1.165, 1.54) is 0 Å². The lowest BCUT2D eigenvalue weighted by molar-refractivity contribution is 0.129. The van der Waals surface area contributed by atoms with Gasteiger partial charge in [-0.3, -0.25) is 9.08 Å². The first kappa shape index (κ1) is 8.44. The highest BCUT2D eigenvalue weighted by Gasteiger charge is 2.21. The summed E-state index contributed by atoms with van der Waals surface area (Å²) in [4.78, 5) is 11.8. The largest absolute Gasteiger partial charge is 0.750 e. The monoisotopic (exact) mass is 180 g/mol. The third-order valence-electron chi connectivity index (χ3n) is 1.15. The van der Waals surface area contributed by atoms with Crippen LogP contribution in [-0.4, -0.2) is 39.6 Å². The highest BCUT2D eigenvalue weighted by atomic mass is 32.2. The summed E-state index contributed by atoms with van der Waals surface area (Å²) in [6.07, 6.45) is -0.546. The van der Waals surface area contributed by atoms with E-state index < -0.39 is 17.5 Å². The van der Waals surface area contributed by atoms with Gasteiger partial charge in [-0.05, 0) is 0 Å². The number of amides is 1. The van der Waals surface area contributed by atoms with Gasteiger partial charge in [-0.2, -0.15) is 0 Å². The number of cyclic esters (lactones) is 1. The van der Waals surface area contributed by atoms with Gasteiger partial charge in [-0.25, -0.2) is 9.00 Å². The van der Waals surface area contributed by atoms with Crippen LogP contribution in [0.5, 0.6) is 0 Å². The van der Waals surface area contributed by atoms with E-state index in [-0.39, 0.29) is 13.3 Å². The first-order valence-electron chi connectivity index (χ1n) is 2.84. The van der Waals surface area contributed by atoms with Gasteiger partial charge in [0.25, 0.3) is 0 Å². The second-order valence-electron chi connectivity index (χ2n) is 1.83. The molecule has 1 heterocycles. The Balaban J connectivity index is 2.26. The van der Waals surface area contributed by atoms with E-state index in [1.54, 1.807) is 0 Å². The summed E-state index contributed by atoms with van der Waals surface area (Å²) >= 11 is -2.58. The lowest BCUT2D eigenvalue weighted by Gasteiger charge is -2.12. The summed E-state index contributed by atoms with van der Waals surface area (Å²) in [5.74, 6) is 0. The summed E-state index contributed by atoms with van der Waals surface area (Å²) in [5, 5.41) is 0. The van der Waals surface area contributed by atoms with Crippen molar-refractivity contribution in [2.45, 2.75) is 0 Å². The van der Waals surface area contributed by atoms with Crippen molar-refractivity contribution >= 4 is 17.5 Å². The molecule has 1 aliphatic heterocycles. The van der Waals surface area contributed by atoms with E-state index in [0.717, 1.165) is 4.90 Å². The third-order valence-corrected chi connectivity index (χ3v) is 1.45. The van der Waals surface area contributed by atoms with Crippen LogP contribution in [-0.2, 0) is 20.3 Å². The number of carbonyl (C=O) groups is 1. The molecule has 1 aliphatic rings. The standard InChI is InChI=1S/C4H7NO5S/c6-4-5(1-2-9-4)3-10-11(7)8/h1-3H2,(H,7,8)/p-1.